The topological polar surface area (TPSA) is 92.9 Å². The molecule has 1 amide bonds. The van der Waals surface area contributed by atoms with E-state index in [1.807, 2.05) is 6.92 Å². The number of aromatic nitrogens is 2. The Bertz CT molecular complexity index is 341. The summed E-state index contributed by atoms with van der Waals surface area (Å²) in [4.78, 5) is 19.0. The monoisotopic (exact) mass is 209 g/mol. The van der Waals surface area contributed by atoms with Crippen LogP contribution in [0.4, 0.5) is 11.8 Å². The van der Waals surface area contributed by atoms with Crippen LogP contribution < -0.4 is 16.4 Å². The predicted octanol–water partition coefficient (Wildman–Crippen LogP) is 0.194. The van der Waals surface area contributed by atoms with Crippen molar-refractivity contribution >= 4 is 17.7 Å². The first kappa shape index (κ1) is 11.2. The summed E-state index contributed by atoms with van der Waals surface area (Å²) in [5.74, 6) is 0.685. The highest BCUT2D eigenvalue weighted by Crippen LogP contribution is 2.06. The van der Waals surface area contributed by atoms with Crippen LogP contribution in [-0.4, -0.2) is 28.5 Å². The van der Waals surface area contributed by atoms with Crippen molar-refractivity contribution in [3.63, 3.8) is 0 Å². The average Bonchev–Trinajstić information content (AvgIpc) is 2.18. The summed E-state index contributed by atoms with van der Waals surface area (Å²) in [7, 11) is 0. The van der Waals surface area contributed by atoms with Crippen molar-refractivity contribution in [2.24, 2.45) is 5.73 Å². The van der Waals surface area contributed by atoms with Crippen LogP contribution in [0.3, 0.4) is 0 Å². The number of nitrogens with zero attached hydrogens (tertiary/aromatic N) is 2. The van der Waals surface area contributed by atoms with Crippen molar-refractivity contribution in [2.45, 2.75) is 19.9 Å². The van der Waals surface area contributed by atoms with Crippen molar-refractivity contribution in [1.29, 1.82) is 0 Å². The van der Waals surface area contributed by atoms with Gasteiger partial charge in [-0.1, -0.05) is 0 Å². The van der Waals surface area contributed by atoms with Crippen molar-refractivity contribution in [2.75, 3.05) is 17.2 Å². The largest absolute Gasteiger partial charge is 0.368 e. The van der Waals surface area contributed by atoms with Crippen molar-refractivity contribution in [3.8, 4) is 0 Å². The highest BCUT2D eigenvalue weighted by Gasteiger charge is 2.08. The number of carbonyl (C=O) groups excluding carboxylic acids is 1. The Morgan fingerprint density at radius 1 is 1.67 bits per heavy atom. The molecule has 0 saturated carbocycles. The molecule has 6 nitrogen and oxygen atoms in total. The third-order valence-corrected chi connectivity index (χ3v) is 1.78. The zero-order valence-electron chi connectivity index (χ0n) is 8.82. The molecule has 0 aliphatic heterocycles. The number of hydrogen-bond acceptors (Lipinski definition) is 5. The number of amides is 1. The third kappa shape index (κ3) is 3.41. The Kier molecular flexibility index (Phi) is 3.84. The first-order valence-corrected chi connectivity index (χ1v) is 4.76. The fraction of sp³-hybridized carbons (Fsp3) is 0.444. The molecule has 1 aromatic heterocycles. The lowest BCUT2D eigenvalue weighted by Gasteiger charge is -2.11. The van der Waals surface area contributed by atoms with Gasteiger partial charge in [-0.15, -0.1) is 0 Å². The first-order valence-electron chi connectivity index (χ1n) is 4.76. The van der Waals surface area contributed by atoms with Crippen molar-refractivity contribution in [1.82, 2.24) is 9.97 Å². The minimum Gasteiger partial charge on any atom is -0.368 e. The maximum atomic E-state index is 10.8. The molecule has 0 aliphatic carbocycles. The Labute approximate surface area is 88.3 Å². The van der Waals surface area contributed by atoms with E-state index < -0.39 is 11.9 Å². The smallest absolute Gasteiger partial charge is 0.239 e. The van der Waals surface area contributed by atoms with Gasteiger partial charge >= 0.3 is 0 Å². The molecule has 1 heterocycles. The maximum absolute atomic E-state index is 10.8. The lowest BCUT2D eigenvalue weighted by atomic mass is 10.3. The molecule has 4 N–H and O–H groups in total. The van der Waals surface area contributed by atoms with Crippen LogP contribution >= 0.6 is 0 Å². The summed E-state index contributed by atoms with van der Waals surface area (Å²) in [6.07, 6.45) is 1.61. The van der Waals surface area contributed by atoms with Crippen LogP contribution in [0.2, 0.25) is 0 Å². The van der Waals surface area contributed by atoms with E-state index in [0.717, 1.165) is 6.54 Å². The molecule has 0 fully saturated rings. The van der Waals surface area contributed by atoms with E-state index in [0.29, 0.717) is 11.8 Å². The van der Waals surface area contributed by atoms with E-state index in [1.165, 1.54) is 0 Å². The summed E-state index contributed by atoms with van der Waals surface area (Å²) in [5, 5.41) is 5.85. The number of rotatable bonds is 5. The minimum atomic E-state index is -0.450. The molecule has 0 spiro atoms. The molecule has 0 radical (unpaired) electrons. The quantitative estimate of drug-likeness (QED) is 0.644. The molecular weight excluding hydrogens is 194 g/mol. The normalized spacial score (nSPS) is 11.9. The van der Waals surface area contributed by atoms with E-state index in [1.54, 1.807) is 19.2 Å². The maximum Gasteiger partial charge on any atom is 0.239 e. The Morgan fingerprint density at radius 3 is 3.00 bits per heavy atom. The van der Waals surface area contributed by atoms with Crippen LogP contribution in [0.1, 0.15) is 13.8 Å². The summed E-state index contributed by atoms with van der Waals surface area (Å²) >= 11 is 0. The highest BCUT2D eigenvalue weighted by molar-refractivity contribution is 5.82. The van der Waals surface area contributed by atoms with E-state index in [-0.39, 0.29) is 0 Å². The third-order valence-electron chi connectivity index (χ3n) is 1.78. The molecule has 0 bridgehead atoms. The SMILES string of the molecule is CCNc1nccc(NC(C)C(N)=O)n1. The molecular formula is C9H15N5O. The molecule has 0 aromatic carbocycles. The van der Waals surface area contributed by atoms with Gasteiger partial charge in [-0.2, -0.15) is 4.98 Å². The lowest BCUT2D eigenvalue weighted by Crippen LogP contribution is -2.32. The second kappa shape index (κ2) is 5.14. The number of carbonyl (C=O) groups is 1. The highest BCUT2D eigenvalue weighted by atomic mass is 16.1. The molecule has 0 aliphatic rings. The molecule has 1 atom stereocenters. The van der Waals surface area contributed by atoms with Crippen LogP contribution in [0.5, 0.6) is 0 Å². The minimum absolute atomic E-state index is 0.418. The number of nitrogens with one attached hydrogen (secondary N) is 2. The second-order valence-electron chi connectivity index (χ2n) is 3.06. The molecule has 1 unspecified atom stereocenters. The van der Waals surface area contributed by atoms with Gasteiger partial charge in [0, 0.05) is 12.7 Å². The number of anilines is 2. The van der Waals surface area contributed by atoms with Crippen molar-refractivity contribution < 1.29 is 4.79 Å². The van der Waals surface area contributed by atoms with Gasteiger partial charge in [0.1, 0.15) is 11.9 Å². The van der Waals surface area contributed by atoms with E-state index in [2.05, 4.69) is 20.6 Å². The van der Waals surface area contributed by atoms with E-state index in [9.17, 15) is 4.79 Å². The number of hydrogen-bond donors (Lipinski definition) is 3. The molecule has 1 aromatic rings. The van der Waals surface area contributed by atoms with Gasteiger partial charge in [0.15, 0.2) is 0 Å². The first-order chi connectivity index (χ1) is 7.13. The van der Waals surface area contributed by atoms with Gasteiger partial charge in [0.25, 0.3) is 0 Å². The zero-order chi connectivity index (χ0) is 11.3. The summed E-state index contributed by atoms with van der Waals surface area (Å²) in [5.41, 5.74) is 5.12. The Morgan fingerprint density at radius 2 is 2.40 bits per heavy atom. The Hall–Kier alpha value is -1.85. The van der Waals surface area contributed by atoms with Gasteiger partial charge in [-0.25, -0.2) is 4.98 Å². The van der Waals surface area contributed by atoms with Gasteiger partial charge in [0.05, 0.1) is 0 Å². The Balaban J connectivity index is 2.68. The molecule has 1 rings (SSSR count). The molecule has 6 heteroatoms. The van der Waals surface area contributed by atoms with Gasteiger partial charge in [0.2, 0.25) is 11.9 Å². The summed E-state index contributed by atoms with van der Waals surface area (Å²) in [6.45, 7) is 4.38. The average molecular weight is 209 g/mol. The molecule has 15 heavy (non-hydrogen) atoms. The van der Waals surface area contributed by atoms with Crippen LogP contribution in [-0.2, 0) is 4.79 Å². The summed E-state index contributed by atoms with van der Waals surface area (Å²) < 4.78 is 0. The number of primary amides is 1. The fourth-order valence-corrected chi connectivity index (χ4v) is 0.975. The zero-order valence-corrected chi connectivity index (χ0v) is 8.82. The van der Waals surface area contributed by atoms with E-state index >= 15 is 0 Å². The summed E-state index contributed by atoms with van der Waals surface area (Å²) in [6, 6.07) is 1.23. The van der Waals surface area contributed by atoms with E-state index in [4.69, 9.17) is 5.73 Å². The predicted molar refractivity (Wildman–Crippen MR) is 58.5 cm³/mol. The van der Waals surface area contributed by atoms with Gasteiger partial charge < -0.3 is 16.4 Å². The second-order valence-corrected chi connectivity index (χ2v) is 3.06. The van der Waals surface area contributed by atoms with Crippen LogP contribution in [0, 0.1) is 0 Å². The fourth-order valence-electron chi connectivity index (χ4n) is 0.975. The van der Waals surface area contributed by atoms with Gasteiger partial charge in [-0.3, -0.25) is 4.79 Å². The van der Waals surface area contributed by atoms with Crippen LogP contribution in [0.15, 0.2) is 12.3 Å². The van der Waals surface area contributed by atoms with Crippen LogP contribution in [0.25, 0.3) is 0 Å². The van der Waals surface area contributed by atoms with Crippen molar-refractivity contribution in [3.05, 3.63) is 12.3 Å². The molecule has 0 saturated heterocycles. The lowest BCUT2D eigenvalue weighted by molar-refractivity contribution is -0.118. The standard InChI is InChI=1S/C9H15N5O/c1-3-11-9-12-5-4-7(14-9)13-6(2)8(10)15/h4-6H,3H2,1-2H3,(H2,10,15)(H2,11,12,13,14). The number of nitrogens with two attached hydrogens (primary N) is 1. The van der Waals surface area contributed by atoms with Gasteiger partial charge in [-0.05, 0) is 19.9 Å². The molecule has 82 valence electrons.